The van der Waals surface area contributed by atoms with E-state index in [9.17, 15) is 19.8 Å². The summed E-state index contributed by atoms with van der Waals surface area (Å²) in [6.07, 6.45) is 25.9. The number of hydrogen-bond donors (Lipinski definition) is 2. The van der Waals surface area contributed by atoms with Crippen LogP contribution in [0, 0.1) is 10.8 Å². The summed E-state index contributed by atoms with van der Waals surface area (Å²) in [7, 11) is 0. The van der Waals surface area contributed by atoms with E-state index in [0.717, 1.165) is 40.7 Å². The van der Waals surface area contributed by atoms with Crippen molar-refractivity contribution in [2.24, 2.45) is 10.8 Å². The lowest BCUT2D eigenvalue weighted by molar-refractivity contribution is -0.126. The van der Waals surface area contributed by atoms with Gasteiger partial charge < -0.3 is 10.2 Å². The summed E-state index contributed by atoms with van der Waals surface area (Å²) in [5.41, 5.74) is 7.53. The maximum Gasteiger partial charge on any atom is 0.187 e. The normalized spacial score (nSPS) is 24.4. The summed E-state index contributed by atoms with van der Waals surface area (Å²) in [5, 5.41) is 20.1. The first-order chi connectivity index (χ1) is 20.5. The van der Waals surface area contributed by atoms with Crippen molar-refractivity contribution in [3.8, 4) is 0 Å². The summed E-state index contributed by atoms with van der Waals surface area (Å²) < 4.78 is 0. The van der Waals surface area contributed by atoms with Crippen LogP contribution in [-0.2, 0) is 9.59 Å². The Morgan fingerprint density at radius 1 is 0.682 bits per heavy atom. The third-order valence-electron chi connectivity index (χ3n) is 8.62. The molecule has 0 aromatic heterocycles. The van der Waals surface area contributed by atoms with Crippen LogP contribution in [0.5, 0.6) is 0 Å². The van der Waals surface area contributed by atoms with Crippen molar-refractivity contribution in [2.75, 3.05) is 0 Å². The number of hydrogen-bond acceptors (Lipinski definition) is 4. The fraction of sp³-hybridized carbons (Fsp3) is 0.450. The van der Waals surface area contributed by atoms with Gasteiger partial charge in [-0.05, 0) is 100 Å². The molecule has 0 saturated carbocycles. The first kappa shape index (κ1) is 36.8. The Kier molecular flexibility index (Phi) is 13.5. The number of aliphatic hydroxyl groups is 2. The van der Waals surface area contributed by atoms with Gasteiger partial charge in [0.15, 0.2) is 11.6 Å². The maximum absolute atomic E-state index is 12.2. The first-order valence-corrected chi connectivity index (χ1v) is 15.7. The van der Waals surface area contributed by atoms with E-state index in [4.69, 9.17) is 0 Å². The van der Waals surface area contributed by atoms with E-state index in [-0.39, 0.29) is 22.4 Å². The summed E-state index contributed by atoms with van der Waals surface area (Å²) in [6.45, 7) is 20.2. The van der Waals surface area contributed by atoms with Crippen molar-refractivity contribution in [3.05, 3.63) is 117 Å². The molecule has 0 saturated heterocycles. The fourth-order valence-electron chi connectivity index (χ4n) is 5.85. The lowest BCUT2D eigenvalue weighted by Gasteiger charge is -2.34. The second-order valence-corrected chi connectivity index (χ2v) is 13.7. The van der Waals surface area contributed by atoms with Gasteiger partial charge in [-0.15, -0.1) is 0 Å². The first-order valence-electron chi connectivity index (χ1n) is 15.7. The van der Waals surface area contributed by atoms with Gasteiger partial charge >= 0.3 is 0 Å². The van der Waals surface area contributed by atoms with Crippen LogP contribution < -0.4 is 0 Å². The van der Waals surface area contributed by atoms with E-state index < -0.39 is 12.2 Å². The Morgan fingerprint density at radius 3 is 1.64 bits per heavy atom. The van der Waals surface area contributed by atoms with E-state index >= 15 is 0 Å². The summed E-state index contributed by atoms with van der Waals surface area (Å²) >= 11 is 0. The molecule has 4 nitrogen and oxygen atoms in total. The third-order valence-corrected chi connectivity index (χ3v) is 8.62. The molecule has 0 aromatic carbocycles. The zero-order valence-electron chi connectivity index (χ0n) is 28.6. The zero-order valence-corrected chi connectivity index (χ0v) is 28.6. The van der Waals surface area contributed by atoms with E-state index in [0.29, 0.717) is 24.0 Å². The molecule has 4 heteroatoms. The molecule has 2 rings (SSSR count). The number of ketones is 2. The van der Waals surface area contributed by atoms with Gasteiger partial charge in [0.1, 0.15) is 12.2 Å². The Bertz CT molecular complexity index is 1410. The van der Waals surface area contributed by atoms with Crippen LogP contribution >= 0.6 is 0 Å². The third kappa shape index (κ3) is 10.7. The van der Waals surface area contributed by atoms with Gasteiger partial charge in [-0.1, -0.05) is 123 Å². The number of rotatable bonds is 11. The predicted molar refractivity (Wildman–Crippen MR) is 185 cm³/mol. The molecule has 0 bridgehead atoms. The zero-order chi connectivity index (χ0) is 33.2. The molecule has 2 atom stereocenters. The molecule has 2 aliphatic carbocycles. The number of allylic oxidation sites excluding steroid dienone is 18. The van der Waals surface area contributed by atoms with Gasteiger partial charge in [-0.25, -0.2) is 0 Å². The van der Waals surface area contributed by atoms with Gasteiger partial charge in [0, 0.05) is 0 Å². The van der Waals surface area contributed by atoms with Crippen LogP contribution in [0.1, 0.15) is 94.9 Å². The Labute approximate surface area is 266 Å². The highest BCUT2D eigenvalue weighted by molar-refractivity contribution is 6.01. The molecule has 2 N–H and O–H groups in total. The maximum atomic E-state index is 12.2. The van der Waals surface area contributed by atoms with Crippen molar-refractivity contribution in [2.45, 2.75) is 107 Å². The van der Waals surface area contributed by atoms with E-state index in [1.165, 1.54) is 5.57 Å². The molecule has 0 aliphatic heterocycles. The molecule has 0 radical (unpaired) electrons. The minimum Gasteiger partial charge on any atom is -0.385 e. The van der Waals surface area contributed by atoms with Crippen molar-refractivity contribution in [3.63, 3.8) is 0 Å². The SMILES string of the molecule is CC1=C(/C=C/C(C)=C/C=C/C(C)=C/C=C/C=C(\C)CC/C=C(C)/C=C/C2=C(C)C(=O)[C@@H](O)CC2(C)C)C(C)(C)C[C@H](O)C1=O. The molecule has 44 heavy (non-hydrogen) atoms. The van der Waals surface area contributed by atoms with E-state index in [2.05, 4.69) is 91.0 Å². The monoisotopic (exact) mass is 598 g/mol. The average molecular weight is 599 g/mol. The van der Waals surface area contributed by atoms with Gasteiger partial charge in [0.2, 0.25) is 0 Å². The molecular weight excluding hydrogens is 544 g/mol. The number of Topliss-reactive ketones (excluding diaryl/α,β-unsaturated/α-hetero) is 2. The van der Waals surface area contributed by atoms with E-state index in [1.807, 2.05) is 44.2 Å². The van der Waals surface area contributed by atoms with Crippen LogP contribution in [-0.4, -0.2) is 34.0 Å². The summed E-state index contributed by atoms with van der Waals surface area (Å²) in [4.78, 5) is 24.5. The Balaban J connectivity index is 1.89. The highest BCUT2D eigenvalue weighted by Crippen LogP contribution is 2.40. The van der Waals surface area contributed by atoms with Gasteiger partial charge in [0.05, 0.1) is 0 Å². The van der Waals surface area contributed by atoms with Crippen LogP contribution in [0.15, 0.2) is 117 Å². The number of carbonyl (C=O) groups excluding carboxylic acids is 2. The second-order valence-electron chi connectivity index (χ2n) is 13.7. The largest absolute Gasteiger partial charge is 0.385 e. The Morgan fingerprint density at radius 2 is 1.11 bits per heavy atom. The van der Waals surface area contributed by atoms with Crippen molar-refractivity contribution < 1.29 is 19.8 Å². The summed E-state index contributed by atoms with van der Waals surface area (Å²) in [6, 6.07) is 0. The molecular formula is C40H54O4. The molecule has 0 unspecified atom stereocenters. The highest BCUT2D eigenvalue weighted by atomic mass is 16.3. The molecule has 0 heterocycles. The molecule has 2 aliphatic rings. The molecule has 0 aromatic rings. The number of carbonyl (C=O) groups is 2. The Hall–Kier alpha value is -3.34. The fourth-order valence-corrected chi connectivity index (χ4v) is 5.85. The number of aliphatic hydroxyl groups excluding tert-OH is 2. The second kappa shape index (κ2) is 16.1. The van der Waals surface area contributed by atoms with Crippen molar-refractivity contribution in [1.82, 2.24) is 0 Å². The topological polar surface area (TPSA) is 74.6 Å². The molecule has 238 valence electrons. The molecule has 0 amide bonds. The van der Waals surface area contributed by atoms with Gasteiger partial charge in [-0.2, -0.15) is 0 Å². The minimum absolute atomic E-state index is 0.161. The smallest absolute Gasteiger partial charge is 0.187 e. The quantitative estimate of drug-likeness (QED) is 0.233. The highest BCUT2D eigenvalue weighted by Gasteiger charge is 2.37. The van der Waals surface area contributed by atoms with Crippen molar-refractivity contribution in [1.29, 1.82) is 0 Å². The van der Waals surface area contributed by atoms with Crippen LogP contribution in [0.3, 0.4) is 0 Å². The van der Waals surface area contributed by atoms with Crippen molar-refractivity contribution >= 4 is 11.6 Å². The summed E-state index contributed by atoms with van der Waals surface area (Å²) in [5.74, 6) is -0.332. The molecule has 0 fully saturated rings. The lowest BCUT2D eigenvalue weighted by Crippen LogP contribution is -2.35. The average Bonchev–Trinajstić information content (AvgIpc) is 2.92. The van der Waals surface area contributed by atoms with Crippen LogP contribution in [0.2, 0.25) is 0 Å². The minimum atomic E-state index is -0.903. The lowest BCUT2D eigenvalue weighted by atomic mass is 9.71. The van der Waals surface area contributed by atoms with Crippen LogP contribution in [0.25, 0.3) is 0 Å². The van der Waals surface area contributed by atoms with Gasteiger partial charge in [0.25, 0.3) is 0 Å². The standard InChI is InChI=1S/C40H54O4/c1-27(17-13-19-29(3)21-23-33-31(5)37(43)35(41)25-39(33,7)8)15-11-12-16-28(2)18-14-20-30(4)22-24-34-32(6)38(44)36(42)26-40(34,9)10/h11-13,15-17,19-24,35-36,41-42H,14,18,25-26H2,1-10H3/b12-11+,17-13+,23-21+,24-22+,27-15+,28-16+,29-19+,30-20+/t35-,36-/m0/s1. The molecule has 0 spiro atoms. The van der Waals surface area contributed by atoms with Crippen LogP contribution in [0.4, 0.5) is 0 Å². The predicted octanol–water partition coefficient (Wildman–Crippen LogP) is 9.13. The van der Waals surface area contributed by atoms with E-state index in [1.54, 1.807) is 6.92 Å². The van der Waals surface area contributed by atoms with Gasteiger partial charge in [-0.3, -0.25) is 9.59 Å².